The van der Waals surface area contributed by atoms with Crippen molar-refractivity contribution in [3.63, 3.8) is 0 Å². The Morgan fingerprint density at radius 3 is 2.22 bits per heavy atom. The largest absolute Gasteiger partial charge is 0.457 e. The zero-order valence-corrected chi connectivity index (χ0v) is 19.1. The lowest BCUT2D eigenvalue weighted by Crippen LogP contribution is -2.32. The van der Waals surface area contributed by atoms with E-state index in [-0.39, 0.29) is 29.0 Å². The number of carbonyl (C=O) groups is 5. The minimum atomic E-state index is -0.871. The van der Waals surface area contributed by atoms with Crippen LogP contribution in [0, 0.1) is 10.1 Å². The number of rotatable bonds is 9. The molecule has 0 spiro atoms. The van der Waals surface area contributed by atoms with E-state index in [2.05, 4.69) is 0 Å². The Morgan fingerprint density at radius 2 is 1.54 bits per heavy atom. The van der Waals surface area contributed by atoms with Crippen LogP contribution in [-0.4, -0.2) is 52.5 Å². The van der Waals surface area contributed by atoms with Gasteiger partial charge in [0.1, 0.15) is 11.3 Å². The zero-order valence-electron chi connectivity index (χ0n) is 19.1. The molecule has 0 radical (unpaired) electrons. The number of nitro groups is 1. The maximum Gasteiger partial charge on any atom is 0.343 e. The van der Waals surface area contributed by atoms with Gasteiger partial charge in [-0.3, -0.25) is 34.2 Å². The Kier molecular flexibility index (Phi) is 7.14. The Bertz CT molecular complexity index is 1420. The van der Waals surface area contributed by atoms with E-state index >= 15 is 0 Å². The maximum atomic E-state index is 12.5. The van der Waals surface area contributed by atoms with Gasteiger partial charge in [0.15, 0.2) is 12.4 Å². The standard InChI is InChI=1S/C26H18N2O9/c29-21(16-9-11-18(12-10-16)37-26(33)17-5-2-1-3-6-17)15-36-22(30)13-14-27-24(31)19-7-4-8-20(28(34)35)23(19)25(27)32/h1-12H,13-15H2. The fourth-order valence-corrected chi connectivity index (χ4v) is 3.62. The second-order valence-electron chi connectivity index (χ2n) is 7.83. The second-order valence-corrected chi connectivity index (χ2v) is 7.83. The van der Waals surface area contributed by atoms with Gasteiger partial charge in [0.25, 0.3) is 17.5 Å². The molecule has 0 fully saturated rings. The van der Waals surface area contributed by atoms with E-state index in [9.17, 15) is 34.1 Å². The van der Waals surface area contributed by atoms with Crippen LogP contribution in [0.2, 0.25) is 0 Å². The van der Waals surface area contributed by atoms with Gasteiger partial charge >= 0.3 is 11.9 Å². The minimum Gasteiger partial charge on any atom is -0.457 e. The third-order valence-electron chi connectivity index (χ3n) is 5.47. The fraction of sp³-hybridized carbons (Fsp3) is 0.115. The number of benzene rings is 3. The molecule has 0 N–H and O–H groups in total. The molecule has 1 aliphatic rings. The number of esters is 2. The first-order valence-corrected chi connectivity index (χ1v) is 11.0. The number of hydrogen-bond donors (Lipinski definition) is 0. The molecule has 1 heterocycles. The van der Waals surface area contributed by atoms with Crippen LogP contribution >= 0.6 is 0 Å². The predicted molar refractivity (Wildman–Crippen MR) is 126 cm³/mol. The van der Waals surface area contributed by atoms with Crippen molar-refractivity contribution < 1.29 is 38.4 Å². The molecule has 0 saturated carbocycles. The normalized spacial score (nSPS) is 12.2. The summed E-state index contributed by atoms with van der Waals surface area (Å²) in [6, 6.07) is 17.8. The number of imide groups is 1. The molecule has 0 atom stereocenters. The van der Waals surface area contributed by atoms with Crippen molar-refractivity contribution in [2.24, 2.45) is 0 Å². The van der Waals surface area contributed by atoms with Crippen LogP contribution in [0.15, 0.2) is 72.8 Å². The molecule has 3 aromatic carbocycles. The van der Waals surface area contributed by atoms with Crippen LogP contribution in [-0.2, 0) is 9.53 Å². The number of fused-ring (bicyclic) bond motifs is 1. The van der Waals surface area contributed by atoms with Crippen molar-refractivity contribution in [3.05, 3.63) is 105 Å². The van der Waals surface area contributed by atoms with Crippen LogP contribution in [0.5, 0.6) is 5.75 Å². The molecule has 11 heteroatoms. The summed E-state index contributed by atoms with van der Waals surface area (Å²) in [5, 5.41) is 11.2. The summed E-state index contributed by atoms with van der Waals surface area (Å²) in [4.78, 5) is 72.7. The van der Waals surface area contributed by atoms with Gasteiger partial charge in [-0.2, -0.15) is 0 Å². The Labute approximate surface area is 209 Å². The van der Waals surface area contributed by atoms with E-state index < -0.39 is 53.2 Å². The highest BCUT2D eigenvalue weighted by Gasteiger charge is 2.40. The Morgan fingerprint density at radius 1 is 0.838 bits per heavy atom. The molecule has 3 aromatic rings. The summed E-state index contributed by atoms with van der Waals surface area (Å²) in [5.41, 5.74) is -0.346. The topological polar surface area (TPSA) is 150 Å². The molecule has 1 aliphatic heterocycles. The monoisotopic (exact) mass is 502 g/mol. The highest BCUT2D eigenvalue weighted by molar-refractivity contribution is 6.23. The molecule has 0 bridgehead atoms. The van der Waals surface area contributed by atoms with Crippen molar-refractivity contribution in [2.45, 2.75) is 6.42 Å². The quantitative estimate of drug-likeness (QED) is 0.107. The number of nitro benzene ring substituents is 1. The third kappa shape index (κ3) is 5.40. The number of hydrogen-bond acceptors (Lipinski definition) is 9. The minimum absolute atomic E-state index is 0.111. The molecule has 2 amide bonds. The number of amides is 2. The Hall–Kier alpha value is -5.19. The number of carbonyl (C=O) groups excluding carboxylic acids is 5. The van der Waals surface area contributed by atoms with Gasteiger partial charge in [-0.1, -0.05) is 24.3 Å². The lowest BCUT2D eigenvalue weighted by Gasteiger charge is -2.13. The van der Waals surface area contributed by atoms with Gasteiger partial charge < -0.3 is 9.47 Å². The number of Topliss-reactive ketones (excluding diaryl/α,β-unsaturated/α-hetero) is 1. The molecule has 0 unspecified atom stereocenters. The van der Waals surface area contributed by atoms with Crippen molar-refractivity contribution in [1.82, 2.24) is 4.90 Å². The summed E-state index contributed by atoms with van der Waals surface area (Å²) in [6.45, 7) is -0.951. The van der Waals surface area contributed by atoms with Crippen molar-refractivity contribution in [1.29, 1.82) is 0 Å². The van der Waals surface area contributed by atoms with Gasteiger partial charge in [0.2, 0.25) is 0 Å². The number of ketones is 1. The van der Waals surface area contributed by atoms with E-state index in [1.54, 1.807) is 30.3 Å². The van der Waals surface area contributed by atoms with Gasteiger partial charge in [-0.15, -0.1) is 0 Å². The number of ether oxygens (including phenoxy) is 2. The molecular weight excluding hydrogens is 484 g/mol. The van der Waals surface area contributed by atoms with E-state index in [4.69, 9.17) is 9.47 Å². The molecular formula is C26H18N2O9. The average Bonchev–Trinajstić information content (AvgIpc) is 3.16. The first kappa shape index (κ1) is 24.9. The summed E-state index contributed by atoms with van der Waals surface area (Å²) in [7, 11) is 0. The molecule has 186 valence electrons. The maximum absolute atomic E-state index is 12.5. The predicted octanol–water partition coefficient (Wildman–Crippen LogP) is 3.23. The molecule has 4 rings (SSSR count). The smallest absolute Gasteiger partial charge is 0.343 e. The SMILES string of the molecule is O=C(CCN1C(=O)c2cccc([N+](=O)[O-])c2C1=O)OCC(=O)c1ccc(OC(=O)c2ccccc2)cc1. The van der Waals surface area contributed by atoms with E-state index in [1.165, 1.54) is 36.4 Å². The van der Waals surface area contributed by atoms with Crippen LogP contribution in [0.1, 0.15) is 47.9 Å². The fourth-order valence-electron chi connectivity index (χ4n) is 3.62. The average molecular weight is 502 g/mol. The lowest BCUT2D eigenvalue weighted by atomic mass is 10.1. The van der Waals surface area contributed by atoms with E-state index in [0.29, 0.717) is 5.56 Å². The summed E-state index contributed by atoms with van der Waals surface area (Å²) >= 11 is 0. The van der Waals surface area contributed by atoms with E-state index in [0.717, 1.165) is 11.0 Å². The lowest BCUT2D eigenvalue weighted by molar-refractivity contribution is -0.385. The summed E-state index contributed by atoms with van der Waals surface area (Å²) < 4.78 is 10.2. The first-order chi connectivity index (χ1) is 17.8. The second kappa shape index (κ2) is 10.6. The third-order valence-corrected chi connectivity index (χ3v) is 5.47. The Balaban J connectivity index is 1.27. The first-order valence-electron chi connectivity index (χ1n) is 11.0. The number of nitrogens with zero attached hydrogens (tertiary/aromatic N) is 2. The van der Waals surface area contributed by atoms with Crippen molar-refractivity contribution in [3.8, 4) is 5.75 Å². The van der Waals surface area contributed by atoms with Crippen LogP contribution in [0.3, 0.4) is 0 Å². The van der Waals surface area contributed by atoms with Crippen molar-refractivity contribution in [2.75, 3.05) is 13.2 Å². The van der Waals surface area contributed by atoms with Gasteiger partial charge in [0, 0.05) is 18.2 Å². The zero-order chi connectivity index (χ0) is 26.5. The molecule has 0 aromatic heterocycles. The van der Waals surface area contributed by atoms with Crippen molar-refractivity contribution >= 4 is 35.2 Å². The summed E-state index contributed by atoms with van der Waals surface area (Å²) in [6.07, 6.45) is -0.402. The molecule has 11 nitrogen and oxygen atoms in total. The van der Waals surface area contributed by atoms with Crippen LogP contribution < -0.4 is 4.74 Å². The van der Waals surface area contributed by atoms with Crippen LogP contribution in [0.25, 0.3) is 0 Å². The molecule has 0 aliphatic carbocycles. The van der Waals surface area contributed by atoms with Crippen LogP contribution in [0.4, 0.5) is 5.69 Å². The van der Waals surface area contributed by atoms with Gasteiger partial charge in [0.05, 0.1) is 22.5 Å². The highest BCUT2D eigenvalue weighted by Crippen LogP contribution is 2.30. The van der Waals surface area contributed by atoms with Gasteiger partial charge in [-0.05, 0) is 42.5 Å². The highest BCUT2D eigenvalue weighted by atomic mass is 16.6. The molecule has 0 saturated heterocycles. The molecule has 37 heavy (non-hydrogen) atoms. The van der Waals surface area contributed by atoms with E-state index in [1.807, 2.05) is 0 Å². The van der Waals surface area contributed by atoms with Gasteiger partial charge in [-0.25, -0.2) is 4.79 Å². The summed E-state index contributed by atoms with van der Waals surface area (Å²) in [5.74, 6) is -3.31.